The van der Waals surface area contributed by atoms with Crippen molar-refractivity contribution in [2.75, 3.05) is 19.7 Å². The number of carboxylic acid groups (broad SMARTS) is 2. The molecule has 0 spiro atoms. The highest BCUT2D eigenvalue weighted by Crippen LogP contribution is 2.39. The van der Waals surface area contributed by atoms with Crippen LogP contribution in [0.1, 0.15) is 36.1 Å². The molecule has 2 aromatic heterocycles. The van der Waals surface area contributed by atoms with Crippen LogP contribution < -0.4 is 4.74 Å². The van der Waals surface area contributed by atoms with Crippen LogP contribution in [0.4, 0.5) is 0 Å². The number of H-pyrrole nitrogens is 1. The number of hydrogen-bond acceptors (Lipinski definition) is 6. The predicted octanol–water partition coefficient (Wildman–Crippen LogP) is 4.85. The highest BCUT2D eigenvalue weighted by molar-refractivity contribution is 7.19. The number of aromatic amines is 1. The van der Waals surface area contributed by atoms with Crippen LogP contribution in [-0.4, -0.2) is 69.0 Å². The van der Waals surface area contributed by atoms with E-state index in [1.165, 1.54) is 20.5 Å². The molecule has 4 N–H and O–H groups in total. The Kier molecular flexibility index (Phi) is 8.48. The van der Waals surface area contributed by atoms with Gasteiger partial charge in [0.1, 0.15) is 18.5 Å². The fourth-order valence-corrected chi connectivity index (χ4v) is 6.16. The van der Waals surface area contributed by atoms with Crippen molar-refractivity contribution in [3.8, 4) is 5.75 Å². The van der Waals surface area contributed by atoms with Crippen molar-refractivity contribution < 1.29 is 29.6 Å². The van der Waals surface area contributed by atoms with Gasteiger partial charge in [0, 0.05) is 39.3 Å². The van der Waals surface area contributed by atoms with E-state index in [2.05, 4.69) is 48.0 Å². The first-order chi connectivity index (χ1) is 17.7. The minimum absolute atomic E-state index is 0.312. The fraction of sp³-hybridized carbons (Fsp3) is 0.357. The lowest BCUT2D eigenvalue weighted by Gasteiger charge is -2.38. The van der Waals surface area contributed by atoms with Gasteiger partial charge in [0.2, 0.25) is 0 Å². The first-order valence-corrected chi connectivity index (χ1v) is 13.1. The third-order valence-corrected chi connectivity index (χ3v) is 8.09. The second kappa shape index (κ2) is 11.8. The number of nitrogens with one attached hydrogen (secondary N) is 1. The predicted molar refractivity (Wildman–Crippen MR) is 145 cm³/mol. The Morgan fingerprint density at radius 1 is 1.14 bits per heavy atom. The normalized spacial score (nSPS) is 18.8. The summed E-state index contributed by atoms with van der Waals surface area (Å²) in [4.78, 5) is 25.3. The number of nitrogens with zero attached hydrogens (tertiary/aromatic N) is 1. The monoisotopic (exact) mass is 524 g/mol. The minimum Gasteiger partial charge on any atom is -0.490 e. The molecule has 3 atom stereocenters. The van der Waals surface area contributed by atoms with Crippen LogP contribution in [0.15, 0.2) is 54.7 Å². The van der Waals surface area contributed by atoms with Crippen molar-refractivity contribution in [2.24, 2.45) is 0 Å². The summed E-state index contributed by atoms with van der Waals surface area (Å²) in [5.74, 6) is -2.21. The molecule has 0 amide bonds. The Labute approximate surface area is 219 Å². The highest BCUT2D eigenvalue weighted by Gasteiger charge is 2.29. The molecular weight excluding hydrogens is 492 g/mol. The van der Waals surface area contributed by atoms with Gasteiger partial charge in [-0.1, -0.05) is 18.2 Å². The molecule has 1 saturated heterocycles. The van der Waals surface area contributed by atoms with Gasteiger partial charge in [0.15, 0.2) is 0 Å². The third-order valence-electron chi connectivity index (χ3n) is 6.83. The van der Waals surface area contributed by atoms with Gasteiger partial charge in [-0.15, -0.1) is 11.3 Å². The van der Waals surface area contributed by atoms with E-state index in [9.17, 15) is 5.11 Å². The van der Waals surface area contributed by atoms with E-state index >= 15 is 0 Å². The van der Waals surface area contributed by atoms with E-state index < -0.39 is 18.0 Å². The van der Waals surface area contributed by atoms with Crippen LogP contribution in [-0.2, 0) is 9.59 Å². The Morgan fingerprint density at radius 2 is 1.89 bits per heavy atom. The number of hydrogen-bond donors (Lipinski definition) is 4. The standard InChI is InChI=1S/C26H30N2O2S.C2H2O4/c1-17-5-3-8-25-22(17)14-26(31-25)19-10-12-28(18(2)13-19)15-20(29)16-30-24-7-4-6-23-21(24)9-11-27-23;3-1(4)2(5)6/h3-9,11,14,18-20,27,29H,10,12-13,15-16H2,1-2H3;(H,3,4)(H,5,6)/t18-,19-,20-;/m0./s1. The number of carbonyl (C=O) groups is 2. The summed E-state index contributed by atoms with van der Waals surface area (Å²) in [6.45, 7) is 6.47. The molecule has 0 aliphatic carbocycles. The lowest BCUT2D eigenvalue weighted by molar-refractivity contribution is -0.159. The minimum atomic E-state index is -1.82. The van der Waals surface area contributed by atoms with Crippen molar-refractivity contribution in [1.29, 1.82) is 0 Å². The molecule has 37 heavy (non-hydrogen) atoms. The van der Waals surface area contributed by atoms with Crippen LogP contribution in [0.25, 0.3) is 21.0 Å². The van der Waals surface area contributed by atoms with Crippen molar-refractivity contribution in [2.45, 2.75) is 44.8 Å². The molecule has 0 radical (unpaired) electrons. The van der Waals surface area contributed by atoms with Gasteiger partial charge in [-0.05, 0) is 80.4 Å². The van der Waals surface area contributed by atoms with E-state index in [0.29, 0.717) is 25.1 Å². The lowest BCUT2D eigenvalue weighted by atomic mass is 9.90. The van der Waals surface area contributed by atoms with Crippen LogP contribution in [0.5, 0.6) is 5.75 Å². The van der Waals surface area contributed by atoms with E-state index in [-0.39, 0.29) is 0 Å². The Bertz CT molecular complexity index is 1370. The molecule has 1 aliphatic heterocycles. The van der Waals surface area contributed by atoms with Crippen molar-refractivity contribution in [3.05, 3.63) is 65.2 Å². The van der Waals surface area contributed by atoms with Crippen LogP contribution >= 0.6 is 11.3 Å². The first kappa shape index (κ1) is 26.7. The van der Waals surface area contributed by atoms with Gasteiger partial charge in [-0.3, -0.25) is 4.90 Å². The van der Waals surface area contributed by atoms with Crippen molar-refractivity contribution in [3.63, 3.8) is 0 Å². The number of carboxylic acids is 2. The molecule has 1 aliphatic rings. The van der Waals surface area contributed by atoms with Crippen LogP contribution in [0, 0.1) is 6.92 Å². The summed E-state index contributed by atoms with van der Waals surface area (Å²) in [6, 6.07) is 17.4. The van der Waals surface area contributed by atoms with Crippen molar-refractivity contribution >= 4 is 44.3 Å². The average Bonchev–Trinajstić information content (AvgIpc) is 3.52. The summed E-state index contributed by atoms with van der Waals surface area (Å²) in [5.41, 5.74) is 2.42. The van der Waals surface area contributed by atoms with E-state index in [1.807, 2.05) is 41.8 Å². The molecule has 196 valence electrons. The summed E-state index contributed by atoms with van der Waals surface area (Å²) < 4.78 is 7.35. The van der Waals surface area contributed by atoms with Gasteiger partial charge in [0.05, 0.1) is 0 Å². The zero-order chi connectivity index (χ0) is 26.5. The highest BCUT2D eigenvalue weighted by atomic mass is 32.1. The molecule has 3 heterocycles. The zero-order valence-electron chi connectivity index (χ0n) is 20.9. The number of rotatable bonds is 6. The Morgan fingerprint density at radius 3 is 2.59 bits per heavy atom. The fourth-order valence-electron chi connectivity index (χ4n) is 4.87. The van der Waals surface area contributed by atoms with E-state index in [4.69, 9.17) is 24.5 Å². The number of aliphatic carboxylic acids is 2. The van der Waals surface area contributed by atoms with Crippen LogP contribution in [0.2, 0.25) is 0 Å². The zero-order valence-corrected chi connectivity index (χ0v) is 21.7. The number of aryl methyl sites for hydroxylation is 1. The maximum absolute atomic E-state index is 10.6. The second-order valence-corrected chi connectivity index (χ2v) is 10.6. The number of aromatic nitrogens is 1. The van der Waals surface area contributed by atoms with Crippen molar-refractivity contribution in [1.82, 2.24) is 9.88 Å². The van der Waals surface area contributed by atoms with Gasteiger partial charge in [0.25, 0.3) is 0 Å². The molecular formula is C28H32N2O6S. The Hall–Kier alpha value is -3.40. The molecule has 0 unspecified atom stereocenters. The summed E-state index contributed by atoms with van der Waals surface area (Å²) in [7, 11) is 0. The lowest BCUT2D eigenvalue weighted by Crippen LogP contribution is -2.45. The molecule has 4 aromatic rings. The van der Waals surface area contributed by atoms with Gasteiger partial charge in [-0.25, -0.2) is 9.59 Å². The molecule has 5 rings (SSSR count). The molecule has 8 nitrogen and oxygen atoms in total. The first-order valence-electron chi connectivity index (χ1n) is 12.3. The number of likely N-dealkylation sites (tertiary alicyclic amines) is 1. The number of fused-ring (bicyclic) bond motifs is 2. The number of benzene rings is 2. The number of ether oxygens (including phenoxy) is 1. The largest absolute Gasteiger partial charge is 0.490 e. The summed E-state index contributed by atoms with van der Waals surface area (Å²) in [6.07, 6.45) is 3.70. The number of β-amino-alcohol motifs (C(OH)–C–C–N with tert-alkyl or cyclic N) is 1. The number of piperidine rings is 1. The van der Waals surface area contributed by atoms with Crippen LogP contribution in [0.3, 0.4) is 0 Å². The quantitative estimate of drug-likeness (QED) is 0.266. The SMILES string of the molecule is Cc1cccc2sc([C@H]3CCN(C[C@H](O)COc4cccc5[nH]ccc45)[C@@H](C)C3)cc12.O=C(O)C(=O)O. The average molecular weight is 525 g/mol. The Balaban J connectivity index is 0.000000480. The topological polar surface area (TPSA) is 123 Å². The molecule has 9 heteroatoms. The molecule has 0 saturated carbocycles. The number of aliphatic hydroxyl groups is 1. The number of thiophene rings is 1. The second-order valence-electron chi connectivity index (χ2n) is 9.47. The maximum atomic E-state index is 10.6. The summed E-state index contributed by atoms with van der Waals surface area (Å²) >= 11 is 1.95. The summed E-state index contributed by atoms with van der Waals surface area (Å²) in [5, 5.41) is 27.9. The molecule has 1 fully saturated rings. The van der Waals surface area contributed by atoms with E-state index in [1.54, 1.807) is 0 Å². The van der Waals surface area contributed by atoms with E-state index in [0.717, 1.165) is 36.0 Å². The van der Waals surface area contributed by atoms with Gasteiger partial charge < -0.3 is 25.0 Å². The van der Waals surface area contributed by atoms with Gasteiger partial charge >= 0.3 is 11.9 Å². The molecule has 0 bridgehead atoms. The smallest absolute Gasteiger partial charge is 0.414 e. The maximum Gasteiger partial charge on any atom is 0.414 e. The third kappa shape index (κ3) is 6.49. The molecule has 2 aromatic carbocycles. The van der Waals surface area contributed by atoms with Gasteiger partial charge in [-0.2, -0.15) is 0 Å². The number of aliphatic hydroxyl groups excluding tert-OH is 1.